The van der Waals surface area contributed by atoms with E-state index in [-0.39, 0.29) is 60.7 Å². The van der Waals surface area contributed by atoms with Gasteiger partial charge >= 0.3 is 5.97 Å². The molecule has 0 aliphatic heterocycles. The molecule has 1 fully saturated rings. The minimum atomic E-state index is -1.05. The van der Waals surface area contributed by atoms with Crippen LogP contribution in [0.25, 0.3) is 11.3 Å². The number of anilines is 2. The number of carbonyl (C=O) groups is 3. The molecule has 0 spiro atoms. The van der Waals surface area contributed by atoms with Gasteiger partial charge in [0.2, 0.25) is 5.91 Å². The standard InChI is InChI=1S/C27H30N8O5/c28-19-10-17(9-18(11-19)26(39)31-8-7-23(37)38)21-13-33-25(34-20-5-6-20)27(40)35(21)14-22(36)32-12-15-1-3-16(4-2-15)24(29)30/h1-4,9-11,13,20H,5-8,12,14,28H2,(H3,29,30)(H,31,39)(H,32,36)(H,33,34)(H,37,38). The summed E-state index contributed by atoms with van der Waals surface area (Å²) < 4.78 is 1.27. The summed E-state index contributed by atoms with van der Waals surface area (Å²) in [7, 11) is 0. The number of hydrogen-bond acceptors (Lipinski definition) is 8. The minimum absolute atomic E-state index is 0.0572. The second-order valence-electron chi connectivity index (χ2n) is 9.43. The fourth-order valence-corrected chi connectivity index (χ4v) is 3.91. The minimum Gasteiger partial charge on any atom is -0.481 e. The molecule has 0 unspecified atom stereocenters. The van der Waals surface area contributed by atoms with Gasteiger partial charge in [0.05, 0.1) is 18.3 Å². The first-order valence-electron chi connectivity index (χ1n) is 12.6. The number of benzene rings is 2. The third kappa shape index (κ3) is 7.22. The van der Waals surface area contributed by atoms with E-state index in [1.165, 1.54) is 22.9 Å². The molecule has 9 N–H and O–H groups in total. The van der Waals surface area contributed by atoms with Gasteiger partial charge in [-0.2, -0.15) is 0 Å². The lowest BCUT2D eigenvalue weighted by molar-refractivity contribution is -0.136. The highest BCUT2D eigenvalue weighted by atomic mass is 16.4. The zero-order chi connectivity index (χ0) is 28.8. The van der Waals surface area contributed by atoms with E-state index >= 15 is 0 Å². The van der Waals surface area contributed by atoms with Crippen LogP contribution in [0, 0.1) is 5.41 Å². The average molecular weight is 547 g/mol. The Bertz CT molecular complexity index is 1510. The molecule has 0 saturated heterocycles. The Kier molecular flexibility index (Phi) is 8.42. The van der Waals surface area contributed by atoms with Crippen LogP contribution in [0.4, 0.5) is 11.5 Å². The molecule has 1 heterocycles. The van der Waals surface area contributed by atoms with Crippen LogP contribution in [0.5, 0.6) is 0 Å². The highest BCUT2D eigenvalue weighted by molar-refractivity contribution is 5.97. The zero-order valence-corrected chi connectivity index (χ0v) is 21.6. The summed E-state index contributed by atoms with van der Waals surface area (Å²) in [6.07, 6.45) is 3.04. The van der Waals surface area contributed by atoms with Crippen LogP contribution < -0.4 is 33.0 Å². The van der Waals surface area contributed by atoms with Gasteiger partial charge in [-0.15, -0.1) is 0 Å². The number of aliphatic carboxylic acids is 1. The number of aromatic nitrogens is 2. The summed E-state index contributed by atoms with van der Waals surface area (Å²) in [5.74, 6) is -1.95. The fraction of sp³-hybridized carbons (Fsp3) is 0.259. The van der Waals surface area contributed by atoms with E-state index in [1.54, 1.807) is 30.3 Å². The molecule has 2 amide bonds. The first kappa shape index (κ1) is 27.8. The molecule has 1 aliphatic rings. The molecule has 40 heavy (non-hydrogen) atoms. The maximum absolute atomic E-state index is 13.4. The van der Waals surface area contributed by atoms with E-state index in [0.29, 0.717) is 11.1 Å². The fourth-order valence-electron chi connectivity index (χ4n) is 3.91. The number of hydrogen-bond donors (Lipinski definition) is 7. The molecule has 1 saturated carbocycles. The Balaban J connectivity index is 1.59. The van der Waals surface area contributed by atoms with Gasteiger partial charge in [0.15, 0.2) is 5.82 Å². The number of rotatable bonds is 12. The lowest BCUT2D eigenvalue weighted by Crippen LogP contribution is -2.34. The molecule has 0 bridgehead atoms. The first-order chi connectivity index (χ1) is 19.1. The van der Waals surface area contributed by atoms with E-state index in [2.05, 4.69) is 20.9 Å². The maximum atomic E-state index is 13.4. The zero-order valence-electron chi connectivity index (χ0n) is 21.6. The van der Waals surface area contributed by atoms with Crippen molar-refractivity contribution in [2.24, 2.45) is 5.73 Å². The van der Waals surface area contributed by atoms with Crippen LogP contribution >= 0.6 is 0 Å². The number of nitrogens with one attached hydrogen (secondary N) is 4. The van der Waals surface area contributed by atoms with Gasteiger partial charge in [-0.1, -0.05) is 24.3 Å². The topological polar surface area (TPSA) is 218 Å². The molecule has 0 radical (unpaired) electrons. The van der Waals surface area contributed by atoms with Gasteiger partial charge < -0.3 is 32.5 Å². The molecule has 2 aromatic carbocycles. The number of amidine groups is 1. The van der Waals surface area contributed by atoms with Crippen molar-refractivity contribution in [2.75, 3.05) is 17.6 Å². The molecule has 13 nitrogen and oxygen atoms in total. The lowest BCUT2D eigenvalue weighted by atomic mass is 10.1. The molecular weight excluding hydrogens is 516 g/mol. The number of carbonyl (C=O) groups excluding carboxylic acids is 2. The van der Waals surface area contributed by atoms with Crippen molar-refractivity contribution in [1.82, 2.24) is 20.2 Å². The van der Waals surface area contributed by atoms with Gasteiger partial charge in [-0.3, -0.25) is 29.2 Å². The van der Waals surface area contributed by atoms with Gasteiger partial charge in [0, 0.05) is 41.5 Å². The quantitative estimate of drug-likeness (QED) is 0.0972. The van der Waals surface area contributed by atoms with Crippen molar-refractivity contribution in [3.05, 3.63) is 75.7 Å². The third-order valence-electron chi connectivity index (χ3n) is 6.17. The van der Waals surface area contributed by atoms with Crippen LogP contribution in [0.3, 0.4) is 0 Å². The summed E-state index contributed by atoms with van der Waals surface area (Å²) in [6.45, 7) is -0.196. The average Bonchev–Trinajstić information content (AvgIpc) is 3.73. The van der Waals surface area contributed by atoms with E-state index in [4.69, 9.17) is 22.0 Å². The summed E-state index contributed by atoms with van der Waals surface area (Å²) in [4.78, 5) is 54.0. The number of carboxylic acids is 1. The number of nitrogen functional groups attached to an aromatic ring is 2. The predicted octanol–water partition coefficient (Wildman–Crippen LogP) is 0.872. The Morgan fingerprint density at radius 1 is 1.07 bits per heavy atom. The largest absolute Gasteiger partial charge is 0.481 e. The molecule has 208 valence electrons. The van der Waals surface area contributed by atoms with Gasteiger partial charge in [0.25, 0.3) is 11.5 Å². The van der Waals surface area contributed by atoms with Crippen LogP contribution in [0.1, 0.15) is 40.7 Å². The highest BCUT2D eigenvalue weighted by Crippen LogP contribution is 2.25. The predicted molar refractivity (Wildman–Crippen MR) is 149 cm³/mol. The molecule has 1 aromatic heterocycles. The molecular formula is C27H30N8O5. The Morgan fingerprint density at radius 2 is 1.80 bits per heavy atom. The van der Waals surface area contributed by atoms with Crippen molar-refractivity contribution < 1.29 is 19.5 Å². The number of nitrogens with zero attached hydrogens (tertiary/aromatic N) is 2. The third-order valence-corrected chi connectivity index (χ3v) is 6.17. The van der Waals surface area contributed by atoms with Crippen LogP contribution in [0.2, 0.25) is 0 Å². The van der Waals surface area contributed by atoms with E-state index in [1.807, 2.05) is 0 Å². The van der Waals surface area contributed by atoms with Crippen LogP contribution in [0.15, 0.2) is 53.5 Å². The first-order valence-corrected chi connectivity index (χ1v) is 12.6. The Morgan fingerprint density at radius 3 is 2.45 bits per heavy atom. The van der Waals surface area contributed by atoms with Gasteiger partial charge in [-0.25, -0.2) is 4.98 Å². The number of amides is 2. The highest BCUT2D eigenvalue weighted by Gasteiger charge is 2.24. The number of nitrogens with two attached hydrogens (primary N) is 2. The SMILES string of the molecule is N=C(N)c1ccc(CNC(=O)Cn2c(-c3cc(N)cc(C(=O)NCCC(=O)O)c3)cnc(NC3CC3)c2=O)cc1. The Labute approximate surface area is 229 Å². The van der Waals surface area contributed by atoms with Gasteiger partial charge in [0.1, 0.15) is 12.4 Å². The summed E-state index contributed by atoms with van der Waals surface area (Å²) in [5, 5.41) is 24.7. The van der Waals surface area contributed by atoms with Gasteiger partial charge in [-0.05, 0) is 36.6 Å². The normalized spacial score (nSPS) is 12.4. The molecule has 1 aliphatic carbocycles. The van der Waals surface area contributed by atoms with E-state index < -0.39 is 23.3 Å². The lowest BCUT2D eigenvalue weighted by Gasteiger charge is -2.16. The van der Waals surface area contributed by atoms with E-state index in [0.717, 1.165) is 18.4 Å². The van der Waals surface area contributed by atoms with Crippen molar-refractivity contribution in [2.45, 2.75) is 38.4 Å². The monoisotopic (exact) mass is 546 g/mol. The van der Waals surface area contributed by atoms with Crippen molar-refractivity contribution in [3.8, 4) is 11.3 Å². The number of carboxylic acid groups (broad SMARTS) is 1. The van der Waals surface area contributed by atoms with Crippen molar-refractivity contribution >= 4 is 35.1 Å². The summed E-state index contributed by atoms with van der Waals surface area (Å²) in [6, 6.07) is 11.5. The Hall–Kier alpha value is -5.20. The van der Waals surface area contributed by atoms with Crippen molar-refractivity contribution in [1.29, 1.82) is 5.41 Å². The molecule has 0 atom stereocenters. The smallest absolute Gasteiger partial charge is 0.305 e. The maximum Gasteiger partial charge on any atom is 0.305 e. The summed E-state index contributed by atoms with van der Waals surface area (Å²) >= 11 is 0. The van der Waals surface area contributed by atoms with E-state index in [9.17, 15) is 19.2 Å². The van der Waals surface area contributed by atoms with Crippen LogP contribution in [-0.4, -0.2) is 50.9 Å². The molecule has 3 aromatic rings. The molecule has 4 rings (SSSR count). The second kappa shape index (κ2) is 12.1. The molecule has 13 heteroatoms. The van der Waals surface area contributed by atoms with Crippen molar-refractivity contribution in [3.63, 3.8) is 0 Å². The van der Waals surface area contributed by atoms with Crippen LogP contribution in [-0.2, 0) is 22.7 Å². The second-order valence-corrected chi connectivity index (χ2v) is 9.43. The summed E-state index contributed by atoms with van der Waals surface area (Å²) in [5.41, 5.74) is 13.4.